The summed E-state index contributed by atoms with van der Waals surface area (Å²) in [4.78, 5) is 53.7. The second kappa shape index (κ2) is 19.3. The number of aldehydes is 3. The molecule has 0 aromatic heterocycles. The van der Waals surface area contributed by atoms with Crippen LogP contribution in [0.15, 0.2) is 0 Å². The Kier molecular flexibility index (Phi) is 29.1. The van der Waals surface area contributed by atoms with Gasteiger partial charge in [-0.15, -0.1) is 0 Å². The van der Waals surface area contributed by atoms with Gasteiger partial charge in [0.25, 0.3) is 0 Å². The zero-order chi connectivity index (χ0) is 12.9. The van der Waals surface area contributed by atoms with Crippen LogP contribution in [0.25, 0.3) is 0 Å². The zero-order valence-corrected chi connectivity index (χ0v) is 9.50. The maximum Gasteiger partial charge on any atom is 0.368 e. The van der Waals surface area contributed by atoms with Gasteiger partial charge in [0, 0.05) is 38.6 Å². The largest absolute Gasteiger partial charge is 0.476 e. The molecular weight excluding hydrogens is 375 g/mol. The molecule has 0 spiro atoms. The first kappa shape index (κ1) is 24.1. The molecule has 0 amide bonds. The minimum Gasteiger partial charge on any atom is -0.476 e. The molecule has 0 saturated carbocycles. The van der Waals surface area contributed by atoms with Crippen LogP contribution in [-0.2, 0) is 28.8 Å². The first-order valence-electron chi connectivity index (χ1n) is 2.86. The van der Waals surface area contributed by atoms with Crippen LogP contribution in [0.4, 0.5) is 0 Å². The van der Waals surface area contributed by atoms with Crippen molar-refractivity contribution in [1.82, 2.24) is 0 Å². The summed E-state index contributed by atoms with van der Waals surface area (Å²) >= 11 is 0. The van der Waals surface area contributed by atoms with Gasteiger partial charge < -0.3 is 15.3 Å². The second-order valence-electron chi connectivity index (χ2n) is 1.37. The van der Waals surface area contributed by atoms with Gasteiger partial charge in [-0.3, -0.25) is 14.4 Å². The predicted molar refractivity (Wildman–Crippen MR) is 41.1 cm³/mol. The Balaban J connectivity index is -0.0000000655. The fraction of sp³-hybridized carbons (Fsp3) is 0. The minimum atomic E-state index is -1.43. The van der Waals surface area contributed by atoms with Gasteiger partial charge in [0.15, 0.2) is 0 Å². The summed E-state index contributed by atoms with van der Waals surface area (Å²) < 4.78 is 0. The monoisotopic (exact) mass is 381 g/mol. The van der Waals surface area contributed by atoms with E-state index in [0.717, 1.165) is 0 Å². The third-order valence-electron chi connectivity index (χ3n) is 0.302. The molecule has 0 aliphatic carbocycles. The van der Waals surface area contributed by atoms with Crippen molar-refractivity contribution in [2.24, 2.45) is 0 Å². The van der Waals surface area contributed by atoms with Gasteiger partial charge in [0.1, 0.15) is 0 Å². The Morgan fingerprint density at radius 3 is 0.688 bits per heavy atom. The van der Waals surface area contributed by atoms with Crippen LogP contribution >= 0.6 is 0 Å². The summed E-state index contributed by atoms with van der Waals surface area (Å²) in [6.07, 6.45) is -0.500. The summed E-state index contributed by atoms with van der Waals surface area (Å²) in [5.74, 6) is -4.28. The molecule has 16 heavy (non-hydrogen) atoms. The van der Waals surface area contributed by atoms with E-state index in [4.69, 9.17) is 44.1 Å². The average molecular weight is 381 g/mol. The topological polar surface area (TPSA) is 163 Å². The van der Waals surface area contributed by atoms with Gasteiger partial charge in [-0.2, -0.15) is 0 Å². The molecule has 0 unspecified atom stereocenters. The number of aliphatic carboxylic acids is 3. The number of carbonyl (C=O) groups excluding carboxylic acids is 3. The summed E-state index contributed by atoms with van der Waals surface area (Å²) in [6, 6.07) is 0. The molecule has 0 aliphatic rings. The van der Waals surface area contributed by atoms with Crippen molar-refractivity contribution in [3.05, 3.63) is 0 Å². The Hall–Kier alpha value is -1.29. The van der Waals surface area contributed by atoms with Crippen LogP contribution in [0.5, 0.6) is 0 Å². The van der Waals surface area contributed by atoms with Crippen molar-refractivity contribution in [1.29, 1.82) is 0 Å². The summed E-state index contributed by atoms with van der Waals surface area (Å²) in [5, 5.41) is 22.1. The maximum absolute atomic E-state index is 9.00. The van der Waals surface area contributed by atoms with Crippen LogP contribution in [0.2, 0.25) is 0 Å². The van der Waals surface area contributed by atoms with Crippen LogP contribution in [0.1, 0.15) is 0 Å². The number of carboxylic acids is 3. The number of hydrogen-bond donors (Lipinski definition) is 3. The van der Waals surface area contributed by atoms with E-state index in [9.17, 15) is 0 Å². The van der Waals surface area contributed by atoms with E-state index in [0.29, 0.717) is 0 Å². The third kappa shape index (κ3) is 78.6. The number of carbonyl (C=O) groups is 6. The van der Waals surface area contributed by atoms with Gasteiger partial charge >= 0.3 is 17.9 Å². The molecule has 0 saturated heterocycles. The van der Waals surface area contributed by atoms with E-state index in [1.54, 1.807) is 0 Å². The van der Waals surface area contributed by atoms with Gasteiger partial charge in [-0.25, -0.2) is 14.4 Å². The van der Waals surface area contributed by atoms with Crippen LogP contribution in [-0.4, -0.2) is 52.1 Å². The van der Waals surface area contributed by atoms with Crippen LogP contribution in [0, 0.1) is 38.6 Å². The fourth-order valence-corrected chi connectivity index (χ4v) is 0. The molecule has 0 bridgehead atoms. The molecule has 0 fully saturated rings. The molecule has 0 rings (SSSR count). The van der Waals surface area contributed by atoms with E-state index in [2.05, 4.69) is 0 Å². The summed E-state index contributed by atoms with van der Waals surface area (Å²) in [5.41, 5.74) is 0. The Bertz CT molecular complexity index is 216. The Labute approximate surface area is 119 Å². The van der Waals surface area contributed by atoms with Gasteiger partial charge in [0.2, 0.25) is 18.9 Å². The Morgan fingerprint density at radius 1 is 0.625 bits per heavy atom. The molecule has 0 aromatic rings. The first-order valence-corrected chi connectivity index (χ1v) is 2.86. The molecule has 0 heterocycles. The Morgan fingerprint density at radius 2 is 0.688 bits per heavy atom. The zero-order valence-electron chi connectivity index (χ0n) is 7.36. The van der Waals surface area contributed by atoms with E-state index >= 15 is 0 Å². The summed E-state index contributed by atoms with van der Waals surface area (Å²) in [6.45, 7) is 0. The van der Waals surface area contributed by atoms with Crippen LogP contribution in [0.3, 0.4) is 0 Å². The molecule has 0 aromatic carbocycles. The van der Waals surface area contributed by atoms with E-state index < -0.39 is 17.9 Å². The molecule has 10 heteroatoms. The molecule has 9 nitrogen and oxygen atoms in total. The summed E-state index contributed by atoms with van der Waals surface area (Å²) in [7, 11) is 0. The van der Waals surface area contributed by atoms with Crippen molar-refractivity contribution in [2.75, 3.05) is 0 Å². The minimum absolute atomic E-state index is 0. The van der Waals surface area contributed by atoms with Gasteiger partial charge in [-0.1, -0.05) is 0 Å². The van der Waals surface area contributed by atoms with Crippen molar-refractivity contribution in [3.63, 3.8) is 0 Å². The number of carboxylic acid groups (broad SMARTS) is 3. The molecule has 93 valence electrons. The molecule has 0 atom stereocenters. The number of hydrogen-bond acceptors (Lipinski definition) is 6. The van der Waals surface area contributed by atoms with Crippen molar-refractivity contribution in [3.8, 4) is 0 Å². The average Bonchev–Trinajstić information content (AvgIpc) is 2.19. The van der Waals surface area contributed by atoms with Crippen molar-refractivity contribution < 1.29 is 82.7 Å². The molecule has 0 aliphatic heterocycles. The van der Waals surface area contributed by atoms with Gasteiger partial charge in [0.05, 0.1) is 0 Å². The van der Waals surface area contributed by atoms with Crippen molar-refractivity contribution in [2.45, 2.75) is 0 Å². The predicted octanol–water partition coefficient (Wildman–Crippen LogP) is -2.19. The van der Waals surface area contributed by atoms with E-state index in [1.807, 2.05) is 0 Å². The second-order valence-corrected chi connectivity index (χ2v) is 1.37. The normalized spacial score (nSPS) is 6.00. The SMILES string of the molecule is O=CC(=O)O.O=CC(=O)O.O=CC(=O)O.[Tb]. The smallest absolute Gasteiger partial charge is 0.368 e. The standard InChI is InChI=1S/3C2H2O3.Tb/c3*3-1-2(4)5;/h3*1H,(H,4,5);. The first-order chi connectivity index (χ1) is 6.81. The molecule has 1 radical (unpaired) electrons. The number of rotatable bonds is 3. The third-order valence-corrected chi connectivity index (χ3v) is 0.302. The van der Waals surface area contributed by atoms with Crippen molar-refractivity contribution >= 4 is 36.8 Å². The molecular formula is C6H6O9Tb. The van der Waals surface area contributed by atoms with Gasteiger partial charge in [-0.05, 0) is 0 Å². The van der Waals surface area contributed by atoms with E-state index in [-0.39, 0.29) is 57.5 Å². The maximum atomic E-state index is 9.00. The quantitative estimate of drug-likeness (QED) is 0.364. The van der Waals surface area contributed by atoms with Crippen LogP contribution < -0.4 is 0 Å². The fourth-order valence-electron chi connectivity index (χ4n) is 0. The molecule has 3 N–H and O–H groups in total. The van der Waals surface area contributed by atoms with E-state index in [1.165, 1.54) is 0 Å².